The van der Waals surface area contributed by atoms with Crippen molar-refractivity contribution in [2.24, 2.45) is 0 Å². The zero-order chi connectivity index (χ0) is 27.8. The summed E-state index contributed by atoms with van der Waals surface area (Å²) in [4.78, 5) is 30.5. The molecule has 206 valence electrons. The van der Waals surface area contributed by atoms with Crippen LogP contribution in [0.2, 0.25) is 0 Å². The first-order valence-electron chi connectivity index (χ1n) is 13.2. The van der Waals surface area contributed by atoms with Crippen LogP contribution in [0.3, 0.4) is 0 Å². The highest BCUT2D eigenvalue weighted by Crippen LogP contribution is 2.31. The average Bonchev–Trinajstić information content (AvgIpc) is 2.97. The summed E-state index contributed by atoms with van der Waals surface area (Å²) in [5, 5.41) is 8.73. The lowest BCUT2D eigenvalue weighted by Crippen LogP contribution is -2.47. The molecule has 3 amide bonds. The van der Waals surface area contributed by atoms with Gasteiger partial charge in [-0.25, -0.2) is 4.79 Å². The number of rotatable bonds is 9. The van der Waals surface area contributed by atoms with Crippen molar-refractivity contribution < 1.29 is 19.1 Å². The number of hydrogen-bond acceptors (Lipinski definition) is 6. The van der Waals surface area contributed by atoms with Gasteiger partial charge in [-0.3, -0.25) is 4.79 Å². The van der Waals surface area contributed by atoms with Gasteiger partial charge in [0, 0.05) is 49.3 Å². The summed E-state index contributed by atoms with van der Waals surface area (Å²) >= 11 is 0. The minimum Gasteiger partial charge on any atom is -0.497 e. The maximum Gasteiger partial charge on any atom is 0.323 e. The summed E-state index contributed by atoms with van der Waals surface area (Å²) in [5.41, 5.74) is 3.61. The van der Waals surface area contributed by atoms with E-state index in [0.717, 1.165) is 49.7 Å². The van der Waals surface area contributed by atoms with Crippen LogP contribution in [0, 0.1) is 0 Å². The number of urea groups is 1. The lowest BCUT2D eigenvalue weighted by molar-refractivity contribution is 0.0939. The van der Waals surface area contributed by atoms with Crippen LogP contribution in [0.5, 0.6) is 11.5 Å². The largest absolute Gasteiger partial charge is 0.497 e. The van der Waals surface area contributed by atoms with Crippen molar-refractivity contribution in [1.29, 1.82) is 0 Å². The molecule has 1 heterocycles. The van der Waals surface area contributed by atoms with Crippen LogP contribution in [-0.4, -0.2) is 58.4 Å². The van der Waals surface area contributed by atoms with Gasteiger partial charge < -0.3 is 35.2 Å². The third-order valence-electron chi connectivity index (χ3n) is 6.88. The summed E-state index contributed by atoms with van der Waals surface area (Å²) in [6, 6.07) is 20.2. The number of para-hydroxylation sites is 2. The molecule has 3 N–H and O–H groups in total. The Morgan fingerprint density at radius 3 is 2.08 bits per heavy atom. The summed E-state index contributed by atoms with van der Waals surface area (Å²) in [6.45, 7) is 7.07. The minimum absolute atomic E-state index is 0.0303. The van der Waals surface area contributed by atoms with E-state index in [1.807, 2.05) is 44.2 Å². The molecule has 1 fully saturated rings. The number of methoxy groups -OCH3 is 2. The standard InChI is InChI=1S/C30H37N5O4/c1-5-21(2)31-29(36)25-20-23(33-30(37)32-22-10-13-24(38-3)14-11-22)12-15-26(25)34-16-18-35(19-17-34)27-8-6-7-9-28(27)39-4/h6-15,20-21H,5,16-19H2,1-4H3,(H,31,36)(H2,32,33,37). The van der Waals surface area contributed by atoms with Gasteiger partial charge >= 0.3 is 6.03 Å². The van der Waals surface area contributed by atoms with E-state index >= 15 is 0 Å². The van der Waals surface area contributed by atoms with Gasteiger partial charge in [0.05, 0.1) is 25.5 Å². The Morgan fingerprint density at radius 2 is 1.44 bits per heavy atom. The van der Waals surface area contributed by atoms with Crippen LogP contribution in [0.1, 0.15) is 30.6 Å². The molecule has 1 unspecified atom stereocenters. The number of carbonyl (C=O) groups excluding carboxylic acids is 2. The van der Waals surface area contributed by atoms with Gasteiger partial charge in [0.25, 0.3) is 5.91 Å². The summed E-state index contributed by atoms with van der Waals surface area (Å²) in [6.07, 6.45) is 0.820. The first-order valence-corrected chi connectivity index (χ1v) is 13.2. The lowest BCUT2D eigenvalue weighted by atomic mass is 10.1. The lowest BCUT2D eigenvalue weighted by Gasteiger charge is -2.38. The SMILES string of the molecule is CCC(C)NC(=O)c1cc(NC(=O)Nc2ccc(OC)cc2)ccc1N1CCN(c2ccccc2OC)CC1. The molecule has 3 aromatic carbocycles. The van der Waals surface area contributed by atoms with Crippen LogP contribution in [0.25, 0.3) is 0 Å². The van der Waals surface area contributed by atoms with Crippen molar-refractivity contribution in [2.75, 3.05) is 60.8 Å². The molecule has 0 bridgehead atoms. The van der Waals surface area contributed by atoms with Crippen LogP contribution in [0.15, 0.2) is 66.7 Å². The predicted octanol–water partition coefficient (Wildman–Crippen LogP) is 5.20. The van der Waals surface area contributed by atoms with E-state index in [4.69, 9.17) is 9.47 Å². The monoisotopic (exact) mass is 531 g/mol. The van der Waals surface area contributed by atoms with Crippen LogP contribution in [-0.2, 0) is 0 Å². The van der Waals surface area contributed by atoms with Crippen molar-refractivity contribution in [3.63, 3.8) is 0 Å². The minimum atomic E-state index is -0.397. The second-order valence-corrected chi connectivity index (χ2v) is 9.47. The first kappa shape index (κ1) is 27.6. The number of nitrogens with zero attached hydrogens (tertiary/aromatic N) is 2. The topological polar surface area (TPSA) is 95.2 Å². The third-order valence-corrected chi connectivity index (χ3v) is 6.88. The maximum atomic E-state index is 13.3. The fraction of sp³-hybridized carbons (Fsp3) is 0.333. The van der Waals surface area contributed by atoms with Crippen LogP contribution >= 0.6 is 0 Å². The number of anilines is 4. The second-order valence-electron chi connectivity index (χ2n) is 9.47. The Bertz CT molecular complexity index is 1270. The second kappa shape index (κ2) is 12.9. The number of hydrogen-bond donors (Lipinski definition) is 3. The molecule has 0 aromatic heterocycles. The molecule has 4 rings (SSSR count). The van der Waals surface area contributed by atoms with E-state index in [9.17, 15) is 9.59 Å². The number of amides is 3. The average molecular weight is 532 g/mol. The predicted molar refractivity (Wildman–Crippen MR) is 157 cm³/mol. The molecular formula is C30H37N5O4. The smallest absolute Gasteiger partial charge is 0.323 e. The summed E-state index contributed by atoms with van der Waals surface area (Å²) in [7, 11) is 3.28. The molecule has 1 atom stereocenters. The molecule has 0 radical (unpaired) electrons. The molecule has 9 nitrogen and oxygen atoms in total. The van der Waals surface area contributed by atoms with E-state index in [0.29, 0.717) is 22.7 Å². The van der Waals surface area contributed by atoms with Gasteiger partial charge in [0.2, 0.25) is 0 Å². The zero-order valence-electron chi connectivity index (χ0n) is 23.0. The molecule has 1 saturated heterocycles. The molecule has 1 aliphatic rings. The molecule has 0 spiro atoms. The van der Waals surface area contributed by atoms with Crippen LogP contribution < -0.4 is 35.2 Å². The number of piperazine rings is 1. The van der Waals surface area contributed by atoms with Crippen LogP contribution in [0.4, 0.5) is 27.5 Å². The van der Waals surface area contributed by atoms with E-state index < -0.39 is 6.03 Å². The highest BCUT2D eigenvalue weighted by molar-refractivity contribution is 6.04. The Kier molecular flexibility index (Phi) is 9.14. The Hall–Kier alpha value is -4.40. The molecule has 0 aliphatic carbocycles. The van der Waals surface area contributed by atoms with Gasteiger partial charge in [-0.15, -0.1) is 0 Å². The highest BCUT2D eigenvalue weighted by atomic mass is 16.5. The molecule has 39 heavy (non-hydrogen) atoms. The van der Waals surface area contributed by atoms with Gasteiger partial charge in [-0.05, 0) is 67.9 Å². The summed E-state index contributed by atoms with van der Waals surface area (Å²) in [5.74, 6) is 1.39. The number of ether oxygens (including phenoxy) is 2. The molecule has 1 aliphatic heterocycles. The number of nitrogens with one attached hydrogen (secondary N) is 3. The van der Waals surface area contributed by atoms with Gasteiger partial charge in [-0.1, -0.05) is 19.1 Å². The van der Waals surface area contributed by atoms with Crippen molar-refractivity contribution in [2.45, 2.75) is 26.3 Å². The maximum absolute atomic E-state index is 13.3. The van der Waals surface area contributed by atoms with E-state index in [2.05, 4.69) is 31.8 Å². The summed E-state index contributed by atoms with van der Waals surface area (Å²) < 4.78 is 10.7. The van der Waals surface area contributed by atoms with Crippen molar-refractivity contribution in [3.05, 3.63) is 72.3 Å². The molecule has 0 saturated carbocycles. The number of carbonyl (C=O) groups is 2. The van der Waals surface area contributed by atoms with Gasteiger partial charge in [0.15, 0.2) is 0 Å². The Labute approximate surface area is 230 Å². The van der Waals surface area contributed by atoms with E-state index in [1.165, 1.54) is 0 Å². The first-order chi connectivity index (χ1) is 18.9. The van der Waals surface area contributed by atoms with Crippen molar-refractivity contribution in [3.8, 4) is 11.5 Å². The molecule has 9 heteroatoms. The van der Waals surface area contributed by atoms with E-state index in [-0.39, 0.29) is 11.9 Å². The highest BCUT2D eigenvalue weighted by Gasteiger charge is 2.24. The number of benzene rings is 3. The molecule has 3 aromatic rings. The normalized spacial score (nSPS) is 13.8. The van der Waals surface area contributed by atoms with Crippen molar-refractivity contribution >= 4 is 34.7 Å². The van der Waals surface area contributed by atoms with Gasteiger partial charge in [-0.2, -0.15) is 0 Å². The fourth-order valence-electron chi connectivity index (χ4n) is 4.52. The molecular weight excluding hydrogens is 494 g/mol. The van der Waals surface area contributed by atoms with Gasteiger partial charge in [0.1, 0.15) is 11.5 Å². The van der Waals surface area contributed by atoms with Crippen molar-refractivity contribution in [1.82, 2.24) is 5.32 Å². The zero-order valence-corrected chi connectivity index (χ0v) is 23.0. The van der Waals surface area contributed by atoms with E-state index in [1.54, 1.807) is 44.6 Å². The third kappa shape index (κ3) is 6.93. The fourth-order valence-corrected chi connectivity index (χ4v) is 4.52. The Balaban J connectivity index is 1.50. The quantitative estimate of drug-likeness (QED) is 0.351. The Morgan fingerprint density at radius 1 is 0.821 bits per heavy atom.